The van der Waals surface area contributed by atoms with Crippen LogP contribution < -0.4 is 0 Å². The Morgan fingerprint density at radius 2 is 2.50 bits per heavy atom. The van der Waals surface area contributed by atoms with Gasteiger partial charge in [-0.25, -0.2) is 4.98 Å². The summed E-state index contributed by atoms with van der Waals surface area (Å²) in [6, 6.07) is 0. The third kappa shape index (κ3) is 1.85. The standard InChI is InChI=1S/C5H7N3O2/c9-8(10)4-3-7-2-1-6-5-7/h1-2,5H,3-4H2. The maximum Gasteiger partial charge on any atom is 0.221 e. The van der Waals surface area contributed by atoms with E-state index in [1.807, 2.05) is 0 Å². The molecule has 1 heterocycles. The van der Waals surface area contributed by atoms with Crippen LogP contribution >= 0.6 is 0 Å². The normalized spacial score (nSPS) is 9.60. The molecule has 0 N–H and O–H groups in total. The van der Waals surface area contributed by atoms with Gasteiger partial charge in [0.25, 0.3) is 0 Å². The van der Waals surface area contributed by atoms with Gasteiger partial charge in [-0.15, -0.1) is 0 Å². The summed E-state index contributed by atoms with van der Waals surface area (Å²) in [7, 11) is 0. The van der Waals surface area contributed by atoms with Gasteiger partial charge in [0.1, 0.15) is 0 Å². The van der Waals surface area contributed by atoms with E-state index < -0.39 is 0 Å². The molecule has 1 rings (SSSR count). The van der Waals surface area contributed by atoms with Gasteiger partial charge in [0.05, 0.1) is 12.9 Å². The number of rotatable bonds is 3. The van der Waals surface area contributed by atoms with Crippen molar-refractivity contribution in [1.29, 1.82) is 0 Å². The minimum Gasteiger partial charge on any atom is -0.331 e. The highest BCUT2D eigenvalue weighted by Crippen LogP contribution is 1.84. The topological polar surface area (TPSA) is 61.0 Å². The number of nitro groups is 1. The fraction of sp³-hybridized carbons (Fsp3) is 0.400. The van der Waals surface area contributed by atoms with Gasteiger partial charge in [-0.1, -0.05) is 0 Å². The molecule has 0 unspecified atom stereocenters. The maximum absolute atomic E-state index is 9.87. The van der Waals surface area contributed by atoms with E-state index in [1.54, 1.807) is 23.3 Å². The van der Waals surface area contributed by atoms with Crippen molar-refractivity contribution in [3.05, 3.63) is 28.8 Å². The second kappa shape index (κ2) is 2.95. The highest BCUT2D eigenvalue weighted by molar-refractivity contribution is 4.73. The molecule has 0 aliphatic rings. The molecule has 0 saturated heterocycles. The van der Waals surface area contributed by atoms with Crippen molar-refractivity contribution in [2.24, 2.45) is 0 Å². The third-order valence-electron chi connectivity index (χ3n) is 1.10. The zero-order chi connectivity index (χ0) is 7.40. The lowest BCUT2D eigenvalue weighted by Gasteiger charge is -1.93. The fourth-order valence-electron chi connectivity index (χ4n) is 0.616. The van der Waals surface area contributed by atoms with Crippen LogP contribution in [0.4, 0.5) is 0 Å². The van der Waals surface area contributed by atoms with Crippen molar-refractivity contribution < 1.29 is 4.92 Å². The summed E-state index contributed by atoms with van der Waals surface area (Å²) in [4.78, 5) is 13.3. The molecule has 0 aliphatic heterocycles. The van der Waals surface area contributed by atoms with Gasteiger partial charge in [0, 0.05) is 17.3 Å². The first-order chi connectivity index (χ1) is 4.79. The van der Waals surface area contributed by atoms with Gasteiger partial charge in [-0.2, -0.15) is 0 Å². The van der Waals surface area contributed by atoms with E-state index in [0.717, 1.165) is 0 Å². The van der Waals surface area contributed by atoms with E-state index in [-0.39, 0.29) is 11.5 Å². The Hall–Kier alpha value is -1.39. The largest absolute Gasteiger partial charge is 0.331 e. The molecule has 5 nitrogen and oxygen atoms in total. The maximum atomic E-state index is 9.87. The van der Waals surface area contributed by atoms with Crippen LogP contribution in [-0.2, 0) is 6.54 Å². The second-order valence-electron chi connectivity index (χ2n) is 1.86. The van der Waals surface area contributed by atoms with E-state index >= 15 is 0 Å². The predicted octanol–water partition coefficient (Wildman–Crippen LogP) is 0.160. The lowest BCUT2D eigenvalue weighted by atomic mass is 10.6. The summed E-state index contributed by atoms with van der Waals surface area (Å²) < 4.78 is 1.67. The number of nitrogens with zero attached hydrogens (tertiary/aromatic N) is 3. The predicted molar refractivity (Wildman–Crippen MR) is 34.1 cm³/mol. The molecule has 0 spiro atoms. The SMILES string of the molecule is O=[N+]([O-])CCn1ccnc1. The van der Waals surface area contributed by atoms with Crippen LogP contribution in [0.3, 0.4) is 0 Å². The molecule has 0 bridgehead atoms. The van der Waals surface area contributed by atoms with Crippen molar-refractivity contribution in [2.75, 3.05) is 6.54 Å². The molecule has 0 atom stereocenters. The lowest BCUT2D eigenvalue weighted by Crippen LogP contribution is -2.08. The highest BCUT2D eigenvalue weighted by atomic mass is 16.6. The minimum atomic E-state index is -0.347. The lowest BCUT2D eigenvalue weighted by molar-refractivity contribution is -0.481. The number of hydrogen-bond acceptors (Lipinski definition) is 3. The van der Waals surface area contributed by atoms with Crippen LogP contribution in [-0.4, -0.2) is 21.0 Å². The van der Waals surface area contributed by atoms with Gasteiger partial charge in [-0.3, -0.25) is 10.1 Å². The Labute approximate surface area is 57.5 Å². The summed E-state index contributed by atoms with van der Waals surface area (Å²) in [6.45, 7) is 0.351. The van der Waals surface area contributed by atoms with Gasteiger partial charge in [0.2, 0.25) is 6.54 Å². The van der Waals surface area contributed by atoms with Crippen LogP contribution in [0.1, 0.15) is 0 Å². The first-order valence-electron chi connectivity index (χ1n) is 2.86. The van der Waals surface area contributed by atoms with Crippen molar-refractivity contribution >= 4 is 0 Å². The summed E-state index contributed by atoms with van der Waals surface area (Å²) in [5.41, 5.74) is 0. The average molecular weight is 141 g/mol. The number of hydrogen-bond donors (Lipinski definition) is 0. The third-order valence-corrected chi connectivity index (χ3v) is 1.10. The molecule has 0 radical (unpaired) electrons. The van der Waals surface area contributed by atoms with E-state index in [2.05, 4.69) is 4.98 Å². The quantitative estimate of drug-likeness (QED) is 0.445. The first-order valence-corrected chi connectivity index (χ1v) is 2.86. The van der Waals surface area contributed by atoms with Crippen LogP contribution in [0.15, 0.2) is 18.7 Å². The van der Waals surface area contributed by atoms with E-state index in [4.69, 9.17) is 0 Å². The molecule has 0 aromatic carbocycles. The van der Waals surface area contributed by atoms with Crippen LogP contribution in [0, 0.1) is 10.1 Å². The Kier molecular flexibility index (Phi) is 1.99. The molecule has 5 heteroatoms. The van der Waals surface area contributed by atoms with Crippen molar-refractivity contribution in [3.8, 4) is 0 Å². The zero-order valence-corrected chi connectivity index (χ0v) is 5.30. The Bertz CT molecular complexity index is 207. The molecule has 0 amide bonds. The molecule has 1 aromatic rings. The Morgan fingerprint density at radius 3 is 3.00 bits per heavy atom. The molecule has 1 aromatic heterocycles. The second-order valence-corrected chi connectivity index (χ2v) is 1.86. The molecular weight excluding hydrogens is 134 g/mol. The Morgan fingerprint density at radius 1 is 1.70 bits per heavy atom. The zero-order valence-electron chi connectivity index (χ0n) is 5.30. The van der Waals surface area contributed by atoms with Gasteiger partial charge >= 0.3 is 0 Å². The monoisotopic (exact) mass is 141 g/mol. The molecule has 0 saturated carbocycles. The smallest absolute Gasteiger partial charge is 0.221 e. The van der Waals surface area contributed by atoms with Crippen molar-refractivity contribution in [3.63, 3.8) is 0 Å². The minimum absolute atomic E-state index is 0.0453. The van der Waals surface area contributed by atoms with Crippen molar-refractivity contribution in [2.45, 2.75) is 6.54 Å². The molecule has 0 fully saturated rings. The molecular formula is C5H7N3O2. The van der Waals surface area contributed by atoms with E-state index in [0.29, 0.717) is 6.54 Å². The number of imidazole rings is 1. The highest BCUT2D eigenvalue weighted by Gasteiger charge is 1.95. The van der Waals surface area contributed by atoms with E-state index in [1.165, 1.54) is 0 Å². The molecule has 10 heavy (non-hydrogen) atoms. The fourth-order valence-corrected chi connectivity index (χ4v) is 0.616. The van der Waals surface area contributed by atoms with E-state index in [9.17, 15) is 10.1 Å². The molecule has 0 aliphatic carbocycles. The summed E-state index contributed by atoms with van der Waals surface area (Å²) >= 11 is 0. The van der Waals surface area contributed by atoms with Crippen LogP contribution in [0.2, 0.25) is 0 Å². The number of aromatic nitrogens is 2. The van der Waals surface area contributed by atoms with Crippen molar-refractivity contribution in [1.82, 2.24) is 9.55 Å². The summed E-state index contributed by atoms with van der Waals surface area (Å²) in [5.74, 6) is 0. The molecule has 54 valence electrons. The van der Waals surface area contributed by atoms with Gasteiger partial charge < -0.3 is 4.57 Å². The van der Waals surface area contributed by atoms with Gasteiger partial charge in [-0.05, 0) is 0 Å². The van der Waals surface area contributed by atoms with Gasteiger partial charge in [0.15, 0.2) is 0 Å². The Balaban J connectivity index is 2.35. The van der Waals surface area contributed by atoms with Crippen LogP contribution in [0.5, 0.6) is 0 Å². The average Bonchev–Trinajstić information content (AvgIpc) is 2.34. The summed E-state index contributed by atoms with van der Waals surface area (Å²) in [6.07, 6.45) is 4.85. The first kappa shape index (κ1) is 6.73. The summed E-state index contributed by atoms with van der Waals surface area (Å²) in [5, 5.41) is 9.87. The van der Waals surface area contributed by atoms with Crippen LogP contribution in [0.25, 0.3) is 0 Å².